The van der Waals surface area contributed by atoms with E-state index >= 15 is 0 Å². The number of hydrogen-bond donors (Lipinski definition) is 2. The third-order valence-electron chi connectivity index (χ3n) is 7.43. The van der Waals surface area contributed by atoms with Crippen molar-refractivity contribution in [2.24, 2.45) is 5.92 Å². The molecule has 1 saturated carbocycles. The van der Waals surface area contributed by atoms with Gasteiger partial charge in [-0.1, -0.05) is 36.4 Å². The average molecular weight is 516 g/mol. The minimum atomic E-state index is -0.166. The second-order valence-corrected chi connectivity index (χ2v) is 10.2. The van der Waals surface area contributed by atoms with Crippen LogP contribution in [-0.4, -0.2) is 53.7 Å². The summed E-state index contributed by atoms with van der Waals surface area (Å²) in [6.45, 7) is 6.07. The summed E-state index contributed by atoms with van der Waals surface area (Å²) in [6.07, 6.45) is 7.60. The van der Waals surface area contributed by atoms with Crippen molar-refractivity contribution in [3.63, 3.8) is 0 Å². The van der Waals surface area contributed by atoms with Crippen molar-refractivity contribution in [3.8, 4) is 5.75 Å². The molecule has 8 heteroatoms. The maximum Gasteiger partial charge on any atom is 0.271 e. The number of amides is 1. The third kappa shape index (κ3) is 6.07. The van der Waals surface area contributed by atoms with Crippen molar-refractivity contribution in [1.82, 2.24) is 14.9 Å². The molecule has 1 atom stereocenters. The van der Waals surface area contributed by atoms with Gasteiger partial charge in [-0.25, -0.2) is 9.97 Å². The molecular weight excluding hydrogens is 478 g/mol. The van der Waals surface area contributed by atoms with Crippen LogP contribution in [0.3, 0.4) is 0 Å². The number of nitrogens with zero attached hydrogens (tertiary/aromatic N) is 3. The van der Waals surface area contributed by atoms with Gasteiger partial charge >= 0.3 is 0 Å². The number of ether oxygens (including phenoxy) is 2. The van der Waals surface area contributed by atoms with E-state index in [4.69, 9.17) is 9.47 Å². The van der Waals surface area contributed by atoms with Crippen LogP contribution < -0.4 is 15.4 Å². The second-order valence-electron chi connectivity index (χ2n) is 10.2. The van der Waals surface area contributed by atoms with Crippen LogP contribution >= 0.6 is 0 Å². The number of aromatic nitrogens is 2. The molecule has 0 spiro atoms. The summed E-state index contributed by atoms with van der Waals surface area (Å²) in [6, 6.07) is 14.4. The molecule has 1 aromatic heterocycles. The first-order chi connectivity index (χ1) is 18.5. The van der Waals surface area contributed by atoms with Crippen LogP contribution in [0, 0.1) is 5.92 Å². The number of allylic oxidation sites excluding steroid dienone is 1. The molecule has 1 amide bonds. The van der Waals surface area contributed by atoms with Gasteiger partial charge in [-0.05, 0) is 57.1 Å². The zero-order chi connectivity index (χ0) is 26.5. The van der Waals surface area contributed by atoms with E-state index in [0.717, 1.165) is 29.3 Å². The molecule has 0 radical (unpaired) electrons. The second kappa shape index (κ2) is 11.8. The molecule has 2 aliphatic rings. The summed E-state index contributed by atoms with van der Waals surface area (Å²) in [7, 11) is 1.98. The van der Waals surface area contributed by atoms with E-state index in [-0.39, 0.29) is 18.0 Å². The molecule has 0 unspecified atom stereocenters. The number of carbonyl (C=O) groups is 1. The summed E-state index contributed by atoms with van der Waals surface area (Å²) < 4.78 is 11.7. The van der Waals surface area contributed by atoms with Crippen LogP contribution in [0.4, 0.5) is 11.5 Å². The van der Waals surface area contributed by atoms with E-state index in [9.17, 15) is 4.79 Å². The normalized spacial score (nSPS) is 17.2. The number of rotatable bonds is 10. The number of nitrogens with one attached hydrogen (secondary N) is 2. The Morgan fingerprint density at radius 1 is 1.16 bits per heavy atom. The Labute approximate surface area is 224 Å². The Bertz CT molecular complexity index is 1290. The van der Waals surface area contributed by atoms with Crippen molar-refractivity contribution < 1.29 is 14.3 Å². The Hall–Kier alpha value is -3.65. The van der Waals surface area contributed by atoms with Crippen LogP contribution in [0.15, 0.2) is 60.6 Å². The highest BCUT2D eigenvalue weighted by atomic mass is 16.5. The average Bonchev–Trinajstić information content (AvgIpc) is 3.78. The van der Waals surface area contributed by atoms with Gasteiger partial charge in [-0.15, -0.1) is 0 Å². The molecule has 2 fully saturated rings. The van der Waals surface area contributed by atoms with E-state index in [2.05, 4.69) is 44.6 Å². The predicted octanol–water partition coefficient (Wildman–Crippen LogP) is 5.54. The Morgan fingerprint density at radius 3 is 2.63 bits per heavy atom. The lowest BCUT2D eigenvalue weighted by Crippen LogP contribution is -2.39. The summed E-state index contributed by atoms with van der Waals surface area (Å²) in [5.74, 6) is 1.75. The largest absolute Gasteiger partial charge is 0.491 e. The molecule has 0 bridgehead atoms. The highest BCUT2D eigenvalue weighted by Gasteiger charge is 2.26. The lowest BCUT2D eigenvalue weighted by molar-refractivity contribution is -0.114. The molecule has 1 aliphatic carbocycles. The number of anilines is 2. The maximum absolute atomic E-state index is 13.6. The zero-order valence-corrected chi connectivity index (χ0v) is 22.4. The van der Waals surface area contributed by atoms with Gasteiger partial charge < -0.3 is 25.0 Å². The first kappa shape index (κ1) is 26.0. The van der Waals surface area contributed by atoms with Gasteiger partial charge in [0, 0.05) is 43.8 Å². The fourth-order valence-corrected chi connectivity index (χ4v) is 4.89. The highest BCUT2D eigenvalue weighted by Crippen LogP contribution is 2.36. The molecule has 1 aliphatic heterocycles. The predicted molar refractivity (Wildman–Crippen MR) is 150 cm³/mol. The Morgan fingerprint density at radius 2 is 1.92 bits per heavy atom. The van der Waals surface area contributed by atoms with Crippen molar-refractivity contribution in [3.05, 3.63) is 66.1 Å². The molecule has 38 heavy (non-hydrogen) atoms. The molecule has 8 nitrogen and oxygen atoms in total. The van der Waals surface area contributed by atoms with E-state index < -0.39 is 0 Å². The standard InChI is InChI=1S/C30H37N5O3/c1-4-27(35(3)23-12-14-37-15-13-23)30(36)34-26-16-24-25(17-28(26)38-18-21-10-11-21)31-19-32-29(24)33-20(2)22-8-6-5-7-9-22/h4-9,16-17,19-21,23H,10-15,18H2,1-3H3,(H,34,36)(H,31,32,33)/t20-/m1/s1. The van der Waals surface area contributed by atoms with Gasteiger partial charge in [0.15, 0.2) is 0 Å². The van der Waals surface area contributed by atoms with Crippen LogP contribution in [0.1, 0.15) is 51.1 Å². The first-order valence-corrected chi connectivity index (χ1v) is 13.5. The SMILES string of the molecule is CC=C(C(=O)Nc1cc2c(N[C@H](C)c3ccccc3)ncnc2cc1OCC1CC1)N(C)C1CCOCC1. The number of benzene rings is 2. The first-order valence-electron chi connectivity index (χ1n) is 13.5. The van der Waals surface area contributed by atoms with Gasteiger partial charge in [0.25, 0.3) is 5.91 Å². The fourth-order valence-electron chi connectivity index (χ4n) is 4.89. The molecule has 200 valence electrons. The lowest BCUT2D eigenvalue weighted by atomic mass is 10.1. The van der Waals surface area contributed by atoms with E-state index in [1.54, 1.807) is 6.33 Å². The molecule has 1 saturated heterocycles. The summed E-state index contributed by atoms with van der Waals surface area (Å²) >= 11 is 0. The van der Waals surface area contributed by atoms with E-state index in [1.807, 2.05) is 50.4 Å². The lowest BCUT2D eigenvalue weighted by Gasteiger charge is -2.34. The Kier molecular flexibility index (Phi) is 8.08. The topological polar surface area (TPSA) is 88.6 Å². The molecule has 2 N–H and O–H groups in total. The van der Waals surface area contributed by atoms with Gasteiger partial charge in [0.1, 0.15) is 17.9 Å². The van der Waals surface area contributed by atoms with Crippen LogP contribution in [0.2, 0.25) is 0 Å². The number of fused-ring (bicyclic) bond motifs is 1. The molecule has 2 heterocycles. The van der Waals surface area contributed by atoms with Gasteiger partial charge in [0.05, 0.1) is 23.5 Å². The van der Waals surface area contributed by atoms with Crippen molar-refractivity contribution in [2.75, 3.05) is 37.5 Å². The summed E-state index contributed by atoms with van der Waals surface area (Å²) in [5, 5.41) is 7.49. The van der Waals surface area contributed by atoms with Gasteiger partial charge in [-0.3, -0.25) is 4.79 Å². The van der Waals surface area contributed by atoms with Crippen molar-refractivity contribution in [1.29, 1.82) is 0 Å². The monoisotopic (exact) mass is 515 g/mol. The summed E-state index contributed by atoms with van der Waals surface area (Å²) in [5.41, 5.74) is 3.17. The quantitative estimate of drug-likeness (QED) is 0.343. The van der Waals surface area contributed by atoms with E-state index in [1.165, 1.54) is 12.8 Å². The molecule has 5 rings (SSSR count). The van der Waals surface area contributed by atoms with Crippen LogP contribution in [0.25, 0.3) is 10.9 Å². The molecular formula is C30H37N5O3. The Balaban J connectivity index is 1.44. The molecule has 3 aromatic rings. The van der Waals surface area contributed by atoms with Crippen molar-refractivity contribution in [2.45, 2.75) is 51.6 Å². The van der Waals surface area contributed by atoms with Gasteiger partial charge in [0.2, 0.25) is 0 Å². The zero-order valence-electron chi connectivity index (χ0n) is 22.4. The smallest absolute Gasteiger partial charge is 0.271 e. The van der Waals surface area contributed by atoms with Gasteiger partial charge in [-0.2, -0.15) is 0 Å². The van der Waals surface area contributed by atoms with Crippen LogP contribution in [0.5, 0.6) is 5.75 Å². The number of carbonyl (C=O) groups excluding carboxylic acids is 1. The molecule has 2 aromatic carbocycles. The van der Waals surface area contributed by atoms with Crippen LogP contribution in [-0.2, 0) is 9.53 Å². The third-order valence-corrected chi connectivity index (χ3v) is 7.43. The van der Waals surface area contributed by atoms with Crippen molar-refractivity contribution >= 4 is 28.3 Å². The minimum Gasteiger partial charge on any atom is -0.491 e. The maximum atomic E-state index is 13.6. The number of likely N-dealkylation sites (N-methyl/N-ethyl adjacent to an activating group) is 1. The highest BCUT2D eigenvalue weighted by molar-refractivity contribution is 6.06. The minimum absolute atomic E-state index is 0.0425. The number of hydrogen-bond acceptors (Lipinski definition) is 7. The fraction of sp³-hybridized carbons (Fsp3) is 0.433. The summed E-state index contributed by atoms with van der Waals surface area (Å²) in [4.78, 5) is 24.7. The van der Waals surface area contributed by atoms with E-state index in [0.29, 0.717) is 48.7 Å².